The molecule has 6 heteroatoms. The third-order valence-electron chi connectivity index (χ3n) is 3.43. The van der Waals surface area contributed by atoms with Gasteiger partial charge < -0.3 is 9.94 Å². The molecule has 0 bridgehead atoms. The number of cyclic esters (lactones) is 1. The van der Waals surface area contributed by atoms with Gasteiger partial charge >= 0.3 is 5.97 Å². The second-order valence-electron chi connectivity index (χ2n) is 4.11. The summed E-state index contributed by atoms with van der Waals surface area (Å²) < 4.78 is 4.91. The van der Waals surface area contributed by atoms with E-state index in [1.807, 2.05) is 0 Å². The number of carbonyl (C=O) groups excluding carboxylic acids is 1. The normalized spacial score (nSPS) is 26.7. The van der Waals surface area contributed by atoms with Gasteiger partial charge in [0.15, 0.2) is 0 Å². The van der Waals surface area contributed by atoms with Crippen LogP contribution in [0.3, 0.4) is 0 Å². The van der Waals surface area contributed by atoms with Gasteiger partial charge in [0.1, 0.15) is 17.7 Å². The summed E-state index contributed by atoms with van der Waals surface area (Å²) in [4.78, 5) is 11.6. The van der Waals surface area contributed by atoms with E-state index < -0.39 is 5.41 Å². The minimum atomic E-state index is -0.734. The predicted octanol–water partition coefficient (Wildman–Crippen LogP) is 0.711. The van der Waals surface area contributed by atoms with Crippen LogP contribution in [0.15, 0.2) is 5.16 Å². The van der Waals surface area contributed by atoms with Gasteiger partial charge in [-0.3, -0.25) is 4.79 Å². The van der Waals surface area contributed by atoms with Crippen molar-refractivity contribution in [1.82, 2.24) is 0 Å². The minimum absolute atomic E-state index is 0.0176. The molecule has 0 aromatic carbocycles. The number of hydrogen-bond donors (Lipinski definition) is 1. The molecule has 0 aromatic heterocycles. The van der Waals surface area contributed by atoms with E-state index in [4.69, 9.17) is 15.2 Å². The molecule has 1 N–H and O–H groups in total. The molecular weight excluding hydrogens is 195 g/mol. The van der Waals surface area contributed by atoms with Crippen molar-refractivity contribution in [2.75, 3.05) is 6.61 Å². The number of nitriles is 1. The van der Waals surface area contributed by atoms with Crippen molar-refractivity contribution in [3.8, 4) is 5.97 Å². The van der Waals surface area contributed by atoms with Crippen LogP contribution < -0.4 is 0 Å². The van der Waals surface area contributed by atoms with Gasteiger partial charge in [-0.15, -0.1) is 0 Å². The van der Waals surface area contributed by atoms with Crippen LogP contribution in [0.5, 0.6) is 0 Å². The summed E-state index contributed by atoms with van der Waals surface area (Å²) in [6.07, 6.45) is 2.46. The first-order valence-electron chi connectivity index (χ1n) is 5.01. The lowest BCUT2D eigenvalue weighted by Gasteiger charge is -2.29. The second kappa shape index (κ2) is 3.57. The van der Waals surface area contributed by atoms with Crippen molar-refractivity contribution in [1.29, 1.82) is 5.26 Å². The molecule has 0 atom stereocenters. The van der Waals surface area contributed by atoms with E-state index in [9.17, 15) is 4.79 Å². The van der Waals surface area contributed by atoms with Gasteiger partial charge in [-0.05, 0) is 12.8 Å². The summed E-state index contributed by atoms with van der Waals surface area (Å²) in [5.41, 5.74) is -0.314. The summed E-state index contributed by atoms with van der Waals surface area (Å²) in [6.45, 7) is 0.107. The number of nitrogens with zero attached hydrogens (tertiary/aromatic N) is 2. The summed E-state index contributed by atoms with van der Waals surface area (Å²) in [7, 11) is 0. The van der Waals surface area contributed by atoms with E-state index in [1.165, 1.54) is 0 Å². The fourth-order valence-electron chi connectivity index (χ4n) is 2.38. The first-order chi connectivity index (χ1) is 7.23. The highest BCUT2D eigenvalue weighted by molar-refractivity contribution is 6.67. The van der Waals surface area contributed by atoms with Gasteiger partial charge in [-0.1, -0.05) is 17.8 Å². The summed E-state index contributed by atoms with van der Waals surface area (Å²) in [5, 5.41) is 20.7. The number of carbonyl (C=O) groups is 1. The summed E-state index contributed by atoms with van der Waals surface area (Å²) >= 11 is 0. The lowest BCUT2D eigenvalue weighted by Crippen LogP contribution is -2.39. The molecule has 2 aliphatic rings. The van der Waals surface area contributed by atoms with Gasteiger partial charge in [0.25, 0.3) is 6.71 Å². The molecule has 2 fully saturated rings. The quantitative estimate of drug-likeness (QED) is 0.274. The number of rotatable bonds is 0. The second-order valence-corrected chi connectivity index (χ2v) is 4.11. The molecule has 78 valence electrons. The fourth-order valence-corrected chi connectivity index (χ4v) is 2.38. The van der Waals surface area contributed by atoms with Crippen molar-refractivity contribution < 1.29 is 14.7 Å². The molecule has 0 unspecified atom stereocenters. The van der Waals surface area contributed by atoms with E-state index in [-0.39, 0.29) is 19.3 Å². The average molecular weight is 206 g/mol. The van der Waals surface area contributed by atoms with Crippen molar-refractivity contribution in [3.05, 3.63) is 0 Å². The lowest BCUT2D eigenvalue weighted by atomic mass is 9.39. The van der Waals surface area contributed by atoms with E-state index in [0.29, 0.717) is 31.2 Å². The topological polar surface area (TPSA) is 82.7 Å². The molecule has 5 nitrogen and oxygen atoms in total. The summed E-state index contributed by atoms with van der Waals surface area (Å²) in [5.74, 6) is 1.90. The van der Waals surface area contributed by atoms with Crippen LogP contribution in [0, 0.1) is 16.6 Å². The van der Waals surface area contributed by atoms with Crippen LogP contribution in [-0.2, 0) is 9.53 Å². The SMILES string of the molecule is N#CB1CCC2(CC1)C(=O)OC/C2=N/O. The highest BCUT2D eigenvalue weighted by Gasteiger charge is 2.52. The molecule has 0 saturated carbocycles. The molecule has 2 rings (SSSR count). The maximum absolute atomic E-state index is 11.6. The predicted molar refractivity (Wildman–Crippen MR) is 52.8 cm³/mol. The van der Waals surface area contributed by atoms with Gasteiger partial charge in [-0.25, -0.2) is 5.26 Å². The van der Waals surface area contributed by atoms with Crippen molar-refractivity contribution in [2.24, 2.45) is 10.6 Å². The van der Waals surface area contributed by atoms with Crippen LogP contribution in [0.2, 0.25) is 12.6 Å². The Morgan fingerprint density at radius 1 is 1.53 bits per heavy atom. The lowest BCUT2D eigenvalue weighted by molar-refractivity contribution is -0.146. The zero-order chi connectivity index (χ0) is 10.9. The van der Waals surface area contributed by atoms with Crippen LogP contribution in [-0.4, -0.2) is 30.2 Å². The molecule has 0 radical (unpaired) electrons. The first kappa shape index (κ1) is 10.0. The third kappa shape index (κ3) is 1.39. The molecule has 0 aromatic rings. The number of oxime groups is 1. The van der Waals surface area contributed by atoms with Gasteiger partial charge in [0.2, 0.25) is 0 Å². The highest BCUT2D eigenvalue weighted by Crippen LogP contribution is 2.42. The van der Waals surface area contributed by atoms with Gasteiger partial charge in [0, 0.05) is 5.97 Å². The molecule has 2 heterocycles. The Balaban J connectivity index is 2.21. The van der Waals surface area contributed by atoms with E-state index in [2.05, 4.69) is 11.1 Å². The van der Waals surface area contributed by atoms with Crippen LogP contribution in [0.25, 0.3) is 0 Å². The average Bonchev–Trinajstić information content (AvgIpc) is 2.58. The molecule has 0 amide bonds. The van der Waals surface area contributed by atoms with Crippen molar-refractivity contribution in [2.45, 2.75) is 25.5 Å². The Morgan fingerprint density at radius 3 is 2.73 bits per heavy atom. The molecule has 2 saturated heterocycles. The smallest absolute Gasteiger partial charge is 0.318 e. The zero-order valence-electron chi connectivity index (χ0n) is 8.27. The van der Waals surface area contributed by atoms with Gasteiger partial charge in [-0.2, -0.15) is 0 Å². The van der Waals surface area contributed by atoms with Gasteiger partial charge in [0.05, 0.1) is 0 Å². The van der Waals surface area contributed by atoms with Crippen molar-refractivity contribution >= 4 is 18.4 Å². The zero-order valence-corrected chi connectivity index (χ0v) is 8.27. The Morgan fingerprint density at radius 2 is 2.20 bits per heavy atom. The molecule has 0 aliphatic carbocycles. The van der Waals surface area contributed by atoms with E-state index >= 15 is 0 Å². The molecule has 15 heavy (non-hydrogen) atoms. The van der Waals surface area contributed by atoms with E-state index in [0.717, 1.165) is 0 Å². The Labute approximate surface area is 87.8 Å². The Hall–Kier alpha value is -1.51. The largest absolute Gasteiger partial charge is 0.459 e. The molecular formula is C9H11BN2O3. The molecule has 1 spiro atoms. The van der Waals surface area contributed by atoms with Crippen LogP contribution >= 0.6 is 0 Å². The monoisotopic (exact) mass is 206 g/mol. The van der Waals surface area contributed by atoms with E-state index in [1.54, 1.807) is 0 Å². The third-order valence-corrected chi connectivity index (χ3v) is 3.43. The fraction of sp³-hybridized carbons (Fsp3) is 0.667. The number of hydrogen-bond acceptors (Lipinski definition) is 5. The molecule has 2 aliphatic heterocycles. The summed E-state index contributed by atoms with van der Waals surface area (Å²) in [6, 6.07) is 0. The maximum atomic E-state index is 11.6. The Bertz CT molecular complexity index is 353. The van der Waals surface area contributed by atoms with Crippen LogP contribution in [0.4, 0.5) is 0 Å². The Kier molecular flexibility index (Phi) is 2.39. The first-order valence-corrected chi connectivity index (χ1v) is 5.01. The maximum Gasteiger partial charge on any atom is 0.318 e. The van der Waals surface area contributed by atoms with Crippen molar-refractivity contribution in [3.63, 3.8) is 0 Å². The number of ether oxygens (including phenoxy) is 1. The van der Waals surface area contributed by atoms with Crippen LogP contribution in [0.1, 0.15) is 12.8 Å². The standard InChI is InChI=1S/C9H11BN2O3/c11-6-10-3-1-9(2-4-10)7(12-14)5-15-8(9)13/h14H,1-5H2/b12-7-. The minimum Gasteiger partial charge on any atom is -0.459 e. The number of esters is 1. The highest BCUT2D eigenvalue weighted by atomic mass is 16.5.